The van der Waals surface area contributed by atoms with Crippen molar-refractivity contribution >= 4 is 39.5 Å². The predicted octanol–water partition coefficient (Wildman–Crippen LogP) is 21.7. The van der Waals surface area contributed by atoms with E-state index in [4.69, 9.17) is 37.0 Å². The lowest BCUT2D eigenvalue weighted by atomic mass is 10.0. The second-order valence-corrected chi connectivity index (χ2v) is 31.0. The van der Waals surface area contributed by atoms with E-state index in [1.807, 2.05) is 0 Å². The minimum absolute atomic E-state index is 0.0837. The number of aliphatic hydroxyl groups excluding tert-OH is 1. The molecule has 0 aromatic rings. The lowest BCUT2D eigenvalue weighted by molar-refractivity contribution is -0.161. The van der Waals surface area contributed by atoms with Crippen molar-refractivity contribution in [2.75, 3.05) is 39.6 Å². The molecule has 0 amide bonds. The highest BCUT2D eigenvalue weighted by atomic mass is 31.2. The smallest absolute Gasteiger partial charge is 0.462 e. The summed E-state index contributed by atoms with van der Waals surface area (Å²) in [5.74, 6) is 0.0907. The lowest BCUT2D eigenvalue weighted by Gasteiger charge is -2.21. The zero-order chi connectivity index (χ0) is 70.1. The molecule has 3 N–H and O–H groups in total. The van der Waals surface area contributed by atoms with Crippen LogP contribution in [0.3, 0.4) is 0 Å². The maximum Gasteiger partial charge on any atom is 0.472 e. The van der Waals surface area contributed by atoms with E-state index in [0.29, 0.717) is 31.6 Å². The molecule has 95 heavy (non-hydrogen) atoms. The summed E-state index contributed by atoms with van der Waals surface area (Å²) < 4.78 is 68.4. The van der Waals surface area contributed by atoms with E-state index < -0.39 is 97.5 Å². The van der Waals surface area contributed by atoms with Crippen molar-refractivity contribution in [1.82, 2.24) is 0 Å². The molecule has 0 radical (unpaired) electrons. The molecule has 0 rings (SSSR count). The normalized spacial score (nSPS) is 14.2. The molecule has 2 unspecified atom stereocenters. The molecule has 0 aliphatic rings. The number of rotatable bonds is 72. The number of carbonyl (C=O) groups is 4. The predicted molar refractivity (Wildman–Crippen MR) is 386 cm³/mol. The van der Waals surface area contributed by atoms with Crippen LogP contribution in [0.5, 0.6) is 0 Å². The molecule has 0 bridgehead atoms. The molecular formula is C76H144O17P2. The Kier molecular flexibility index (Phi) is 64.4. The molecule has 0 aliphatic carbocycles. The van der Waals surface area contributed by atoms with Crippen molar-refractivity contribution in [2.45, 2.75) is 381 Å². The summed E-state index contributed by atoms with van der Waals surface area (Å²) in [5, 5.41) is 10.6. The summed E-state index contributed by atoms with van der Waals surface area (Å²) in [6.45, 7) is 11.8. The average molecular weight is 1390 g/mol. The van der Waals surface area contributed by atoms with Gasteiger partial charge in [-0.15, -0.1) is 0 Å². The standard InChI is InChI=1S/C76H144O17P2/c1-8-9-10-11-12-13-14-15-16-19-26-31-36-45-52-59-76(81)93-72(64-87-74(79)58-51-44-39-38-42-49-56-69(6)7)66-91-95(84,85)89-62-70(77)61-88-94(82,83)90-65-71(92-75(80)60-53-46-37-32-27-22-21-24-29-34-41-48-55-68(4)5)63-86-73(78)57-50-43-35-30-25-20-17-18-23-28-33-40-47-54-67(2)3/h13-16,67-72,77H,8-12,17-66H2,1-7H3,(H,82,83)(H,84,85)/b14-13-,16-15-/t70-,71-,72-/m1/s1. The fourth-order valence-corrected chi connectivity index (χ4v) is 12.6. The molecule has 5 atom stereocenters. The number of esters is 4. The first-order valence-corrected chi connectivity index (χ1v) is 41.7. The summed E-state index contributed by atoms with van der Waals surface area (Å²) in [4.78, 5) is 72.8. The summed E-state index contributed by atoms with van der Waals surface area (Å²) in [6.07, 6.45) is 55.0. The quantitative estimate of drug-likeness (QED) is 0.0169. The van der Waals surface area contributed by atoms with Gasteiger partial charge in [-0.3, -0.25) is 37.3 Å². The van der Waals surface area contributed by atoms with Gasteiger partial charge in [-0.05, 0) is 69.1 Å². The number of carbonyl (C=O) groups excluding carboxylic acids is 4. The number of hydrogen-bond acceptors (Lipinski definition) is 15. The third-order valence-corrected chi connectivity index (χ3v) is 18.9. The highest BCUT2D eigenvalue weighted by Gasteiger charge is 2.30. The number of phosphoric ester groups is 2. The number of hydrogen-bond donors (Lipinski definition) is 3. The summed E-state index contributed by atoms with van der Waals surface area (Å²) in [7, 11) is -9.92. The Balaban J connectivity index is 5.27. The molecule has 0 aromatic heterocycles. The number of ether oxygens (including phenoxy) is 4. The number of phosphoric acid groups is 2. The van der Waals surface area contributed by atoms with Crippen LogP contribution in [-0.4, -0.2) is 96.7 Å². The second kappa shape index (κ2) is 66.1. The van der Waals surface area contributed by atoms with E-state index >= 15 is 0 Å². The van der Waals surface area contributed by atoms with E-state index in [1.54, 1.807) is 0 Å². The van der Waals surface area contributed by atoms with Crippen LogP contribution in [0.25, 0.3) is 0 Å². The Morgan fingerprint density at radius 3 is 0.853 bits per heavy atom. The maximum absolute atomic E-state index is 13.1. The van der Waals surface area contributed by atoms with E-state index in [1.165, 1.54) is 154 Å². The Labute approximate surface area is 580 Å². The van der Waals surface area contributed by atoms with Crippen LogP contribution < -0.4 is 0 Å². The fourth-order valence-electron chi connectivity index (χ4n) is 11.1. The Morgan fingerprint density at radius 1 is 0.326 bits per heavy atom. The number of unbranched alkanes of at least 4 members (excludes halogenated alkanes) is 37. The third kappa shape index (κ3) is 69.8. The minimum Gasteiger partial charge on any atom is -0.462 e. The van der Waals surface area contributed by atoms with Crippen LogP contribution >= 0.6 is 15.6 Å². The Hall–Kier alpha value is -2.46. The van der Waals surface area contributed by atoms with Crippen molar-refractivity contribution in [1.29, 1.82) is 0 Å². The summed E-state index contributed by atoms with van der Waals surface area (Å²) in [6, 6.07) is 0. The molecule has 0 aliphatic heterocycles. The minimum atomic E-state index is -4.96. The molecule has 0 saturated carbocycles. The zero-order valence-corrected chi connectivity index (χ0v) is 63.4. The van der Waals surface area contributed by atoms with E-state index in [0.717, 1.165) is 121 Å². The van der Waals surface area contributed by atoms with Gasteiger partial charge in [0.25, 0.3) is 0 Å². The van der Waals surface area contributed by atoms with Crippen LogP contribution in [0, 0.1) is 17.8 Å². The number of aliphatic hydroxyl groups is 1. The van der Waals surface area contributed by atoms with Gasteiger partial charge < -0.3 is 33.8 Å². The van der Waals surface area contributed by atoms with Gasteiger partial charge in [0.05, 0.1) is 26.4 Å². The summed E-state index contributed by atoms with van der Waals surface area (Å²) in [5.41, 5.74) is 0. The van der Waals surface area contributed by atoms with Crippen molar-refractivity contribution < 1.29 is 80.2 Å². The van der Waals surface area contributed by atoms with Crippen molar-refractivity contribution in [3.05, 3.63) is 24.3 Å². The molecule has 0 fully saturated rings. The van der Waals surface area contributed by atoms with E-state index in [2.05, 4.69) is 72.8 Å². The van der Waals surface area contributed by atoms with Gasteiger partial charge >= 0.3 is 39.5 Å². The first kappa shape index (κ1) is 92.5. The monoisotopic (exact) mass is 1390 g/mol. The number of allylic oxidation sites excluding steroid dienone is 4. The van der Waals surface area contributed by atoms with Gasteiger partial charge in [0.15, 0.2) is 12.2 Å². The molecule has 0 heterocycles. The van der Waals surface area contributed by atoms with Crippen LogP contribution in [-0.2, 0) is 65.4 Å². The summed E-state index contributed by atoms with van der Waals surface area (Å²) >= 11 is 0. The lowest BCUT2D eigenvalue weighted by Crippen LogP contribution is -2.30. The van der Waals surface area contributed by atoms with E-state index in [9.17, 15) is 43.2 Å². The molecule has 19 heteroatoms. The van der Waals surface area contributed by atoms with Crippen LogP contribution in [0.4, 0.5) is 0 Å². The van der Waals surface area contributed by atoms with Crippen LogP contribution in [0.2, 0.25) is 0 Å². The molecule has 17 nitrogen and oxygen atoms in total. The van der Waals surface area contributed by atoms with Crippen molar-refractivity contribution in [3.8, 4) is 0 Å². The molecule has 0 saturated heterocycles. The maximum atomic E-state index is 13.1. The largest absolute Gasteiger partial charge is 0.472 e. The third-order valence-electron chi connectivity index (χ3n) is 17.0. The molecule has 0 spiro atoms. The van der Waals surface area contributed by atoms with Gasteiger partial charge in [-0.1, -0.05) is 310 Å². The molecule has 560 valence electrons. The van der Waals surface area contributed by atoms with Gasteiger partial charge in [-0.2, -0.15) is 0 Å². The van der Waals surface area contributed by atoms with Gasteiger partial charge in [0.1, 0.15) is 19.3 Å². The molecule has 0 aromatic carbocycles. The topological polar surface area (TPSA) is 237 Å². The van der Waals surface area contributed by atoms with Gasteiger partial charge in [0.2, 0.25) is 0 Å². The van der Waals surface area contributed by atoms with Gasteiger partial charge in [0, 0.05) is 25.7 Å². The Bertz CT molecular complexity index is 1950. The zero-order valence-electron chi connectivity index (χ0n) is 61.6. The first-order valence-electron chi connectivity index (χ1n) is 38.7. The van der Waals surface area contributed by atoms with Crippen molar-refractivity contribution in [3.63, 3.8) is 0 Å². The van der Waals surface area contributed by atoms with Crippen molar-refractivity contribution in [2.24, 2.45) is 17.8 Å². The molecular weight excluding hydrogens is 1250 g/mol. The average Bonchev–Trinajstić information content (AvgIpc) is 1.22. The van der Waals surface area contributed by atoms with E-state index in [-0.39, 0.29) is 25.7 Å². The highest BCUT2D eigenvalue weighted by molar-refractivity contribution is 7.47. The fraction of sp³-hybridized carbons (Fsp3) is 0.895. The van der Waals surface area contributed by atoms with Gasteiger partial charge in [-0.25, -0.2) is 9.13 Å². The van der Waals surface area contributed by atoms with Crippen LogP contribution in [0.1, 0.15) is 363 Å². The van der Waals surface area contributed by atoms with Crippen LogP contribution in [0.15, 0.2) is 24.3 Å². The first-order chi connectivity index (χ1) is 45.7. The Morgan fingerprint density at radius 2 is 0.568 bits per heavy atom. The second-order valence-electron chi connectivity index (χ2n) is 28.1. The highest BCUT2D eigenvalue weighted by Crippen LogP contribution is 2.45. The SMILES string of the molecule is CCCCCC/C=C\C=C/CCCCCCCC(=O)O[C@H](COC(=O)CCCCCCCCC(C)C)COP(=O)(O)OC[C@H](O)COP(=O)(O)OC[C@@H](COC(=O)CCCCCCCCCCCCCCCC(C)C)OC(=O)CCCCCCCCCCCCCCC(C)C.